The fraction of sp³-hybridized carbons (Fsp3) is 0.900. The number of carbonyl (C=O) groups excluding carboxylic acids is 2. The SMILES string of the molecule is CCN(CC(=O)NCCOC1OCCCC1O)CC(=O)NCCOC1OCCCC1O. The second-order valence-corrected chi connectivity index (χ2v) is 7.64. The van der Waals surface area contributed by atoms with Gasteiger partial charge in [0.1, 0.15) is 12.2 Å². The molecule has 4 N–H and O–H groups in total. The van der Waals surface area contributed by atoms with Crippen molar-refractivity contribution in [3.8, 4) is 0 Å². The Morgan fingerprint density at radius 1 is 0.903 bits per heavy atom. The Kier molecular flexibility index (Phi) is 12.3. The summed E-state index contributed by atoms with van der Waals surface area (Å²) in [4.78, 5) is 25.9. The Labute approximate surface area is 183 Å². The third-order valence-corrected chi connectivity index (χ3v) is 5.08. The summed E-state index contributed by atoms with van der Waals surface area (Å²) in [7, 11) is 0. The monoisotopic (exact) mass is 447 g/mol. The van der Waals surface area contributed by atoms with Gasteiger partial charge >= 0.3 is 0 Å². The van der Waals surface area contributed by atoms with Gasteiger partial charge in [-0.25, -0.2) is 0 Å². The zero-order valence-electron chi connectivity index (χ0n) is 18.3. The van der Waals surface area contributed by atoms with Crippen molar-refractivity contribution in [1.29, 1.82) is 0 Å². The Morgan fingerprint density at radius 3 is 1.74 bits per heavy atom. The predicted octanol–water partition coefficient (Wildman–Crippen LogP) is -1.43. The van der Waals surface area contributed by atoms with Gasteiger partial charge in [-0.15, -0.1) is 0 Å². The van der Waals surface area contributed by atoms with Gasteiger partial charge in [-0.05, 0) is 32.2 Å². The highest BCUT2D eigenvalue weighted by molar-refractivity contribution is 5.81. The summed E-state index contributed by atoms with van der Waals surface area (Å²) in [6.07, 6.45) is 0.359. The van der Waals surface area contributed by atoms with Crippen LogP contribution in [0, 0.1) is 0 Å². The minimum Gasteiger partial charge on any atom is -0.388 e. The van der Waals surface area contributed by atoms with Crippen LogP contribution in [0.2, 0.25) is 0 Å². The highest BCUT2D eigenvalue weighted by atomic mass is 16.7. The second kappa shape index (κ2) is 14.7. The molecule has 0 aromatic rings. The molecule has 0 spiro atoms. The Morgan fingerprint density at radius 2 is 1.35 bits per heavy atom. The van der Waals surface area contributed by atoms with E-state index in [1.807, 2.05) is 6.92 Å². The molecule has 31 heavy (non-hydrogen) atoms. The molecular formula is C20H37N3O8. The minimum atomic E-state index is -0.640. The van der Waals surface area contributed by atoms with Crippen LogP contribution >= 0.6 is 0 Å². The largest absolute Gasteiger partial charge is 0.388 e. The molecule has 4 atom stereocenters. The van der Waals surface area contributed by atoms with Crippen molar-refractivity contribution in [2.24, 2.45) is 0 Å². The van der Waals surface area contributed by atoms with Crippen molar-refractivity contribution >= 4 is 11.8 Å². The van der Waals surface area contributed by atoms with E-state index in [0.29, 0.717) is 45.7 Å². The molecule has 2 aliphatic heterocycles. The first-order valence-electron chi connectivity index (χ1n) is 11.1. The van der Waals surface area contributed by atoms with E-state index >= 15 is 0 Å². The average Bonchev–Trinajstić information content (AvgIpc) is 2.76. The molecule has 0 aromatic carbocycles. The van der Waals surface area contributed by atoms with Crippen LogP contribution in [-0.2, 0) is 28.5 Å². The van der Waals surface area contributed by atoms with Crippen molar-refractivity contribution in [3.63, 3.8) is 0 Å². The molecule has 180 valence electrons. The fourth-order valence-electron chi connectivity index (χ4n) is 3.33. The molecule has 0 aromatic heterocycles. The third kappa shape index (κ3) is 10.2. The summed E-state index contributed by atoms with van der Waals surface area (Å²) >= 11 is 0. The number of carbonyl (C=O) groups is 2. The van der Waals surface area contributed by atoms with Gasteiger partial charge in [0.25, 0.3) is 0 Å². The van der Waals surface area contributed by atoms with E-state index in [4.69, 9.17) is 18.9 Å². The lowest BCUT2D eigenvalue weighted by Gasteiger charge is -2.28. The molecule has 11 nitrogen and oxygen atoms in total. The fourth-order valence-corrected chi connectivity index (χ4v) is 3.33. The third-order valence-electron chi connectivity index (χ3n) is 5.08. The highest BCUT2D eigenvalue weighted by Gasteiger charge is 2.25. The van der Waals surface area contributed by atoms with Gasteiger partial charge in [0.15, 0.2) is 12.6 Å². The lowest BCUT2D eigenvalue weighted by Crippen LogP contribution is -2.44. The quantitative estimate of drug-likeness (QED) is 0.250. The summed E-state index contributed by atoms with van der Waals surface area (Å²) in [5, 5.41) is 25.0. The van der Waals surface area contributed by atoms with Gasteiger partial charge < -0.3 is 39.8 Å². The zero-order chi connectivity index (χ0) is 22.5. The molecule has 0 aliphatic carbocycles. The molecule has 2 rings (SSSR count). The number of ether oxygens (including phenoxy) is 4. The van der Waals surface area contributed by atoms with Crippen LogP contribution < -0.4 is 10.6 Å². The van der Waals surface area contributed by atoms with Crippen molar-refractivity contribution in [2.75, 3.05) is 59.2 Å². The molecule has 0 bridgehead atoms. The summed E-state index contributed by atoms with van der Waals surface area (Å²) in [6, 6.07) is 0. The first-order chi connectivity index (χ1) is 15.0. The van der Waals surface area contributed by atoms with Gasteiger partial charge in [0.2, 0.25) is 11.8 Å². The van der Waals surface area contributed by atoms with Gasteiger partial charge in [-0.2, -0.15) is 0 Å². The van der Waals surface area contributed by atoms with Crippen LogP contribution in [0.4, 0.5) is 0 Å². The molecule has 4 unspecified atom stereocenters. The molecular weight excluding hydrogens is 410 g/mol. The van der Waals surface area contributed by atoms with Crippen LogP contribution in [0.25, 0.3) is 0 Å². The van der Waals surface area contributed by atoms with Gasteiger partial charge in [0.05, 0.1) is 26.3 Å². The molecule has 0 radical (unpaired) electrons. The number of aliphatic hydroxyl groups is 2. The Balaban J connectivity index is 1.53. The summed E-state index contributed by atoms with van der Waals surface area (Å²) < 4.78 is 21.6. The lowest BCUT2D eigenvalue weighted by molar-refractivity contribution is -0.213. The van der Waals surface area contributed by atoms with Crippen LogP contribution in [0.5, 0.6) is 0 Å². The Hall–Kier alpha value is -1.34. The van der Waals surface area contributed by atoms with Crippen LogP contribution in [-0.4, -0.2) is 111 Å². The maximum atomic E-state index is 12.1. The normalized spacial score (nSPS) is 26.6. The number of hydrogen-bond acceptors (Lipinski definition) is 9. The second-order valence-electron chi connectivity index (χ2n) is 7.64. The van der Waals surface area contributed by atoms with Crippen LogP contribution in [0.3, 0.4) is 0 Å². The average molecular weight is 448 g/mol. The summed E-state index contributed by atoms with van der Waals surface area (Å²) in [5.74, 6) is -0.426. The minimum absolute atomic E-state index is 0.0884. The molecule has 2 saturated heterocycles. The number of nitrogens with one attached hydrogen (secondary N) is 2. The zero-order valence-corrected chi connectivity index (χ0v) is 18.3. The van der Waals surface area contributed by atoms with E-state index in [0.717, 1.165) is 12.8 Å². The van der Waals surface area contributed by atoms with E-state index in [9.17, 15) is 19.8 Å². The first-order valence-corrected chi connectivity index (χ1v) is 11.1. The molecule has 2 fully saturated rings. The topological polar surface area (TPSA) is 139 Å². The molecule has 2 amide bonds. The van der Waals surface area contributed by atoms with Crippen LogP contribution in [0.15, 0.2) is 0 Å². The van der Waals surface area contributed by atoms with Gasteiger partial charge in [-0.1, -0.05) is 6.92 Å². The standard InChI is InChI=1S/C20H37N3O8/c1-2-23(13-17(26)21-7-11-30-19-15(24)5-3-9-28-19)14-18(27)22-8-12-31-20-16(25)6-4-10-29-20/h15-16,19-20,24-25H,2-14H2,1H3,(H,21,26)(H,22,27). The molecule has 2 heterocycles. The molecule has 11 heteroatoms. The predicted molar refractivity (Wildman–Crippen MR) is 110 cm³/mol. The van der Waals surface area contributed by atoms with E-state index < -0.39 is 24.8 Å². The number of likely N-dealkylation sites (N-methyl/N-ethyl adjacent to an activating group) is 1. The number of rotatable bonds is 13. The number of nitrogens with zero attached hydrogens (tertiary/aromatic N) is 1. The van der Waals surface area contributed by atoms with E-state index in [-0.39, 0.29) is 38.1 Å². The number of aliphatic hydroxyl groups excluding tert-OH is 2. The summed E-state index contributed by atoms with van der Waals surface area (Å²) in [5.41, 5.74) is 0. The van der Waals surface area contributed by atoms with Gasteiger partial charge in [0, 0.05) is 26.3 Å². The van der Waals surface area contributed by atoms with Crippen molar-refractivity contribution in [2.45, 2.75) is 57.4 Å². The van der Waals surface area contributed by atoms with Crippen molar-refractivity contribution in [1.82, 2.24) is 15.5 Å². The maximum Gasteiger partial charge on any atom is 0.234 e. The summed E-state index contributed by atoms with van der Waals surface area (Å²) in [6.45, 7) is 4.76. The number of amides is 2. The number of hydrogen-bond donors (Lipinski definition) is 4. The maximum absolute atomic E-state index is 12.1. The van der Waals surface area contributed by atoms with E-state index in [1.54, 1.807) is 4.90 Å². The molecule has 2 aliphatic rings. The van der Waals surface area contributed by atoms with Crippen molar-refractivity contribution in [3.05, 3.63) is 0 Å². The van der Waals surface area contributed by atoms with E-state index in [2.05, 4.69) is 10.6 Å². The highest BCUT2D eigenvalue weighted by Crippen LogP contribution is 2.15. The van der Waals surface area contributed by atoms with Crippen LogP contribution in [0.1, 0.15) is 32.6 Å². The molecule has 0 saturated carbocycles. The Bertz CT molecular complexity index is 495. The lowest BCUT2D eigenvalue weighted by atomic mass is 10.1. The van der Waals surface area contributed by atoms with Gasteiger partial charge in [-0.3, -0.25) is 14.5 Å². The van der Waals surface area contributed by atoms with E-state index in [1.165, 1.54) is 0 Å². The first kappa shape index (κ1) is 25.9. The smallest absolute Gasteiger partial charge is 0.234 e. The van der Waals surface area contributed by atoms with Crippen molar-refractivity contribution < 1.29 is 38.7 Å².